The summed E-state index contributed by atoms with van der Waals surface area (Å²) in [6.45, 7) is 2.39. The van der Waals surface area contributed by atoms with Gasteiger partial charge in [-0.1, -0.05) is 5.16 Å². The van der Waals surface area contributed by atoms with E-state index in [0.717, 1.165) is 5.56 Å². The number of fused-ring (bicyclic) bond motifs is 1. The Kier molecular flexibility index (Phi) is 5.00. The standard InChI is InChI=1S/C13H17NO5/c1-16-4-5-17-6-7-18-10-2-3-11-12(14-15)9-19-13(11)8-10/h2-3,8,15H,4-7,9H2,1H3. The van der Waals surface area contributed by atoms with Gasteiger partial charge in [0.1, 0.15) is 30.4 Å². The summed E-state index contributed by atoms with van der Waals surface area (Å²) >= 11 is 0. The third-order valence-electron chi connectivity index (χ3n) is 2.68. The van der Waals surface area contributed by atoms with Crippen LogP contribution in [-0.4, -0.2) is 51.1 Å². The smallest absolute Gasteiger partial charge is 0.134 e. The molecule has 1 heterocycles. The van der Waals surface area contributed by atoms with Gasteiger partial charge in [-0.2, -0.15) is 0 Å². The fourth-order valence-electron chi connectivity index (χ4n) is 1.72. The van der Waals surface area contributed by atoms with Crippen molar-refractivity contribution in [2.45, 2.75) is 0 Å². The molecule has 1 aliphatic heterocycles. The van der Waals surface area contributed by atoms with Crippen LogP contribution in [0.15, 0.2) is 23.4 Å². The molecule has 0 saturated carbocycles. The van der Waals surface area contributed by atoms with Gasteiger partial charge < -0.3 is 24.2 Å². The van der Waals surface area contributed by atoms with Gasteiger partial charge in [-0.15, -0.1) is 0 Å². The molecule has 6 heteroatoms. The predicted octanol–water partition coefficient (Wildman–Crippen LogP) is 1.30. The highest BCUT2D eigenvalue weighted by atomic mass is 16.5. The molecule has 1 aliphatic rings. The molecule has 0 fully saturated rings. The lowest BCUT2D eigenvalue weighted by molar-refractivity contribution is 0.0544. The maximum Gasteiger partial charge on any atom is 0.134 e. The van der Waals surface area contributed by atoms with Crippen molar-refractivity contribution in [3.05, 3.63) is 23.8 Å². The average Bonchev–Trinajstić information content (AvgIpc) is 2.85. The lowest BCUT2D eigenvalue weighted by Crippen LogP contribution is -2.10. The molecular formula is C13H17NO5. The van der Waals surface area contributed by atoms with Gasteiger partial charge in [0.25, 0.3) is 0 Å². The summed E-state index contributed by atoms with van der Waals surface area (Å²) in [5, 5.41) is 12.0. The normalized spacial score (nSPS) is 15.3. The van der Waals surface area contributed by atoms with Crippen molar-refractivity contribution in [3.63, 3.8) is 0 Å². The Bertz CT molecular complexity index is 447. The van der Waals surface area contributed by atoms with Crippen molar-refractivity contribution in [1.29, 1.82) is 0 Å². The topological polar surface area (TPSA) is 69.5 Å². The molecule has 1 aromatic rings. The molecule has 0 aliphatic carbocycles. The lowest BCUT2D eigenvalue weighted by atomic mass is 10.1. The van der Waals surface area contributed by atoms with E-state index in [0.29, 0.717) is 43.6 Å². The van der Waals surface area contributed by atoms with Crippen LogP contribution >= 0.6 is 0 Å². The second-order valence-corrected chi connectivity index (χ2v) is 3.95. The van der Waals surface area contributed by atoms with Crippen molar-refractivity contribution >= 4 is 5.71 Å². The molecule has 0 aromatic heterocycles. The Morgan fingerprint density at radius 1 is 1.26 bits per heavy atom. The van der Waals surface area contributed by atoms with Crippen molar-refractivity contribution < 1.29 is 24.2 Å². The van der Waals surface area contributed by atoms with E-state index >= 15 is 0 Å². The van der Waals surface area contributed by atoms with Gasteiger partial charge >= 0.3 is 0 Å². The molecule has 6 nitrogen and oxygen atoms in total. The van der Waals surface area contributed by atoms with E-state index in [9.17, 15) is 0 Å². The first-order valence-electron chi connectivity index (χ1n) is 6.03. The SMILES string of the molecule is COCCOCCOc1ccc2c(c1)OCC2=NO. The summed E-state index contributed by atoms with van der Waals surface area (Å²) in [5.74, 6) is 1.37. The quantitative estimate of drug-likeness (QED) is 0.458. The second-order valence-electron chi connectivity index (χ2n) is 3.95. The van der Waals surface area contributed by atoms with Crippen LogP contribution < -0.4 is 9.47 Å². The van der Waals surface area contributed by atoms with Crippen molar-refractivity contribution in [1.82, 2.24) is 0 Å². The van der Waals surface area contributed by atoms with E-state index in [1.165, 1.54) is 0 Å². The summed E-state index contributed by atoms with van der Waals surface area (Å²) in [6.07, 6.45) is 0. The molecule has 2 rings (SSSR count). The first kappa shape index (κ1) is 13.6. The molecule has 0 saturated heterocycles. The number of rotatable bonds is 7. The lowest BCUT2D eigenvalue weighted by Gasteiger charge is -2.08. The Balaban J connectivity index is 1.80. The number of hydrogen-bond acceptors (Lipinski definition) is 6. The number of methoxy groups -OCH3 is 1. The number of oxime groups is 1. The minimum absolute atomic E-state index is 0.287. The van der Waals surface area contributed by atoms with E-state index in [2.05, 4.69) is 5.16 Å². The first-order valence-corrected chi connectivity index (χ1v) is 6.03. The zero-order valence-corrected chi connectivity index (χ0v) is 10.8. The van der Waals surface area contributed by atoms with Gasteiger partial charge in [-0.05, 0) is 12.1 Å². The Morgan fingerprint density at radius 2 is 2.11 bits per heavy atom. The highest BCUT2D eigenvalue weighted by Gasteiger charge is 2.20. The molecule has 0 unspecified atom stereocenters. The van der Waals surface area contributed by atoms with Crippen molar-refractivity contribution in [2.75, 3.05) is 40.1 Å². The molecule has 0 radical (unpaired) electrons. The van der Waals surface area contributed by atoms with Crippen LogP contribution in [0.1, 0.15) is 5.56 Å². The fourth-order valence-corrected chi connectivity index (χ4v) is 1.72. The Labute approximate surface area is 111 Å². The largest absolute Gasteiger partial charge is 0.491 e. The van der Waals surface area contributed by atoms with Crippen LogP contribution in [0.5, 0.6) is 11.5 Å². The maximum atomic E-state index is 8.78. The van der Waals surface area contributed by atoms with E-state index in [1.807, 2.05) is 12.1 Å². The molecular weight excluding hydrogens is 250 g/mol. The van der Waals surface area contributed by atoms with Crippen LogP contribution in [0.25, 0.3) is 0 Å². The summed E-state index contributed by atoms with van der Waals surface area (Å²) in [4.78, 5) is 0. The Morgan fingerprint density at radius 3 is 2.89 bits per heavy atom. The molecule has 19 heavy (non-hydrogen) atoms. The zero-order chi connectivity index (χ0) is 13.5. The number of hydrogen-bond donors (Lipinski definition) is 1. The molecule has 0 spiro atoms. The summed E-state index contributed by atoms with van der Waals surface area (Å²) in [6, 6.07) is 5.41. The molecule has 104 valence electrons. The van der Waals surface area contributed by atoms with Crippen LogP contribution in [0.3, 0.4) is 0 Å². The van der Waals surface area contributed by atoms with Gasteiger partial charge in [0.05, 0.1) is 19.8 Å². The summed E-state index contributed by atoms with van der Waals surface area (Å²) in [7, 11) is 1.63. The highest BCUT2D eigenvalue weighted by Crippen LogP contribution is 2.29. The predicted molar refractivity (Wildman–Crippen MR) is 68.5 cm³/mol. The van der Waals surface area contributed by atoms with Crippen LogP contribution in [0.2, 0.25) is 0 Å². The molecule has 1 aromatic carbocycles. The van der Waals surface area contributed by atoms with Crippen molar-refractivity contribution in [3.8, 4) is 11.5 Å². The van der Waals surface area contributed by atoms with Gasteiger partial charge in [-0.25, -0.2) is 0 Å². The van der Waals surface area contributed by atoms with E-state index in [4.69, 9.17) is 24.2 Å². The molecule has 1 N–H and O–H groups in total. The fraction of sp³-hybridized carbons (Fsp3) is 0.462. The van der Waals surface area contributed by atoms with Gasteiger partial charge in [0.2, 0.25) is 0 Å². The van der Waals surface area contributed by atoms with Crippen LogP contribution in [0, 0.1) is 0 Å². The van der Waals surface area contributed by atoms with Crippen LogP contribution in [0.4, 0.5) is 0 Å². The minimum atomic E-state index is 0.287. The van der Waals surface area contributed by atoms with Gasteiger partial charge in [0, 0.05) is 18.7 Å². The third-order valence-corrected chi connectivity index (χ3v) is 2.68. The van der Waals surface area contributed by atoms with Crippen molar-refractivity contribution in [2.24, 2.45) is 5.16 Å². The number of benzene rings is 1. The Hall–Kier alpha value is -1.79. The summed E-state index contributed by atoms with van der Waals surface area (Å²) < 4.78 is 21.1. The average molecular weight is 267 g/mol. The van der Waals surface area contributed by atoms with E-state index in [1.54, 1.807) is 13.2 Å². The molecule has 0 amide bonds. The van der Waals surface area contributed by atoms with Gasteiger partial charge in [-0.3, -0.25) is 0 Å². The number of ether oxygens (including phenoxy) is 4. The zero-order valence-electron chi connectivity index (χ0n) is 10.8. The number of nitrogens with zero attached hydrogens (tertiary/aromatic N) is 1. The first-order chi connectivity index (χ1) is 9.35. The monoisotopic (exact) mass is 267 g/mol. The minimum Gasteiger partial charge on any atom is -0.491 e. The van der Waals surface area contributed by atoms with Gasteiger partial charge in [0.15, 0.2) is 0 Å². The summed E-state index contributed by atoms with van der Waals surface area (Å²) in [5.41, 5.74) is 1.33. The van der Waals surface area contributed by atoms with Crippen LogP contribution in [-0.2, 0) is 9.47 Å². The molecule has 0 atom stereocenters. The third kappa shape index (κ3) is 3.59. The molecule has 0 bridgehead atoms. The van der Waals surface area contributed by atoms with E-state index in [-0.39, 0.29) is 6.61 Å². The highest BCUT2D eigenvalue weighted by molar-refractivity contribution is 6.05. The second kappa shape index (κ2) is 6.96. The maximum absolute atomic E-state index is 8.78. The van der Waals surface area contributed by atoms with E-state index < -0.39 is 0 Å².